The van der Waals surface area contributed by atoms with Crippen molar-refractivity contribution in [2.24, 2.45) is 21.6 Å². The van der Waals surface area contributed by atoms with Gasteiger partial charge in [0.2, 0.25) is 53.4 Å². The molecule has 35 heteroatoms. The Bertz CT molecular complexity index is 4520. The number of carboxylic acid groups (broad SMARTS) is 1. The number of ether oxygens (including phenoxy) is 6. The number of aromatic hydroxyl groups is 3. The Hall–Kier alpha value is -9.78. The van der Waals surface area contributed by atoms with Crippen LogP contribution < -0.4 is 51.8 Å². The SMILES string of the molecule is CCCCCCCCC=N[C@H](CC(C)C)C(=O)N[C@H]1C(=O)N[C@@H](CC(N)=O)C(=O)N[C@@H]2C(=O)N[C@H]3C(=O)N[C@H](C(=O)N[C@H](C(=O)O)c4cc(O)cc(O)c4-c4cc3ccc4O)[C@H](O)c3ccc(c(Cl)c3)Oc3cc2cc(c3O[C@@H]2O[C@H](CO)[C@@H](O)[C@H](O)[C@H]2O[C@H]2C[C@](C)(N=CCCCCCCCC)[C@H](O)[C@H](C)O2)Oc2ccc(cc2Cl)[C@H]1O. The summed E-state index contributed by atoms with van der Waals surface area (Å²) in [6.45, 7) is 10.2. The number of phenols is 3. The lowest BCUT2D eigenvalue weighted by atomic mass is 9.85. The normalized spacial score (nSPS) is 27.1. The van der Waals surface area contributed by atoms with Crippen LogP contribution in [-0.2, 0) is 52.6 Å². The molecule has 118 heavy (non-hydrogen) atoms. The lowest BCUT2D eigenvalue weighted by molar-refractivity contribution is -0.333. The number of halogens is 2. The Balaban J connectivity index is 1.18. The van der Waals surface area contributed by atoms with Crippen LogP contribution in [0.3, 0.4) is 0 Å². The topological polar surface area (TPSA) is 517 Å². The summed E-state index contributed by atoms with van der Waals surface area (Å²) < 4.78 is 39.4. The molecule has 0 unspecified atom stereocenters. The van der Waals surface area contributed by atoms with Gasteiger partial charge in [0.15, 0.2) is 29.9 Å². The van der Waals surface area contributed by atoms with E-state index < -0.39 is 231 Å². The lowest BCUT2D eigenvalue weighted by Gasteiger charge is -2.47. The zero-order chi connectivity index (χ0) is 85.6. The minimum absolute atomic E-state index is 0.151. The predicted octanol–water partition coefficient (Wildman–Crippen LogP) is 7.57. The van der Waals surface area contributed by atoms with Gasteiger partial charge in [-0.3, -0.25) is 43.5 Å². The number of carboxylic acids is 1. The van der Waals surface area contributed by atoms with Gasteiger partial charge in [-0.2, -0.15) is 0 Å². The predicted molar refractivity (Wildman–Crippen MR) is 429 cm³/mol. The van der Waals surface area contributed by atoms with Gasteiger partial charge >= 0.3 is 5.97 Å². The molecule has 0 radical (unpaired) electrons. The third-order valence-corrected chi connectivity index (χ3v) is 22.0. The molecule has 7 aliphatic heterocycles. The highest BCUT2D eigenvalue weighted by Crippen LogP contribution is 2.50. The average Bonchev–Trinajstić information content (AvgIpc) is 0.767. The van der Waals surface area contributed by atoms with Crippen molar-refractivity contribution in [3.8, 4) is 57.1 Å². The molecule has 2 saturated heterocycles. The number of aliphatic hydroxyl groups is 6. The number of rotatable bonds is 28. The first-order valence-electron chi connectivity index (χ1n) is 39.8. The van der Waals surface area contributed by atoms with Gasteiger partial charge in [0.05, 0.1) is 34.7 Å². The number of aliphatic carboxylic acids is 1. The summed E-state index contributed by atoms with van der Waals surface area (Å²) in [6.07, 6.45) is -2.13. The number of aliphatic imine (C=N–C) groups is 2. The third kappa shape index (κ3) is 22.0. The van der Waals surface area contributed by atoms with E-state index >= 15 is 19.2 Å². The second-order valence-electron chi connectivity index (χ2n) is 31.0. The number of hydrogen-bond donors (Lipinski definition) is 17. The summed E-state index contributed by atoms with van der Waals surface area (Å²) in [4.78, 5) is 129. The fourth-order valence-electron chi connectivity index (χ4n) is 14.9. The van der Waals surface area contributed by atoms with E-state index in [1.54, 1.807) is 26.3 Å². The number of nitrogens with one attached hydrogen (secondary N) is 6. The van der Waals surface area contributed by atoms with Gasteiger partial charge in [-0.15, -0.1) is 0 Å². The third-order valence-electron chi connectivity index (χ3n) is 21.4. The van der Waals surface area contributed by atoms with Crippen LogP contribution in [0.4, 0.5) is 0 Å². The Morgan fingerprint density at radius 2 is 1.25 bits per heavy atom. The molecule has 7 aliphatic rings. The first kappa shape index (κ1) is 90.5. The van der Waals surface area contributed by atoms with Crippen LogP contribution in [0.15, 0.2) is 88.8 Å². The highest BCUT2D eigenvalue weighted by Gasteiger charge is 2.52. The maximum Gasteiger partial charge on any atom is 0.330 e. The molecule has 0 saturated carbocycles. The molecule has 12 rings (SSSR count). The van der Waals surface area contributed by atoms with E-state index in [1.807, 2.05) is 13.8 Å². The summed E-state index contributed by atoms with van der Waals surface area (Å²) >= 11 is 14.4. The van der Waals surface area contributed by atoms with Crippen molar-refractivity contribution in [2.45, 2.75) is 260 Å². The van der Waals surface area contributed by atoms with Crippen LogP contribution in [-0.4, -0.2) is 196 Å². The summed E-state index contributed by atoms with van der Waals surface area (Å²) in [5, 5.41) is 131. The maximum atomic E-state index is 16.3. The Morgan fingerprint density at radius 3 is 1.85 bits per heavy atom. The molecule has 0 aliphatic carbocycles. The molecule has 0 spiro atoms. The number of hydrogen-bond acceptors (Lipinski definition) is 25. The van der Waals surface area contributed by atoms with Crippen LogP contribution in [0, 0.1) is 5.92 Å². The first-order valence-corrected chi connectivity index (χ1v) is 40.5. The van der Waals surface area contributed by atoms with E-state index in [0.29, 0.717) is 12.8 Å². The largest absolute Gasteiger partial charge is 0.508 e. The molecule has 7 heterocycles. The second-order valence-corrected chi connectivity index (χ2v) is 31.8. The van der Waals surface area contributed by atoms with Crippen molar-refractivity contribution in [1.82, 2.24) is 31.9 Å². The standard InChI is InChI=1S/C83H105Cl2N9O24/c1-7-9-11-13-15-17-19-27-87-51(29-40(3)4)75(105)93-66-68(100)43-22-25-55(49(84)31-43)114-57-33-45-34-58(72(57)118-82-73(71(103)70(102)59(39-95)116-82)117-61-38-83(6,74(104)41(5)113-61)88-28-20-18-16-14-12-10-8-2)115-56-26-23-44(32-50(56)85)69(101)67-80(110)92-65(81(111)112)48-35-46(96)36-54(98)62(48)47-30-42(21-24-53(47)97)63(77(107)94-67)91-78(108)64(45)90-76(106)52(37-60(86)99)89-79(66)109/h21-28,30-36,40-41,51-52,59,61,63-71,73-74,82,95-98,100-104H,7-20,29,37-39H2,1-6H3,(H2,86,99)(H,89,109)(H,90,106)(H,91,108)(H,92,110)(H,93,105)(H,94,107)(H,111,112)/t41-,51+,52-,59+,61-,63+,64-,65-,66+,67-,68+,69+,70+,71-,73+,74+,82-,83-/m0/s1. The maximum absolute atomic E-state index is 16.3. The van der Waals surface area contributed by atoms with Crippen molar-refractivity contribution < 1.29 is 118 Å². The molecular formula is C83H105Cl2N9O24. The summed E-state index contributed by atoms with van der Waals surface area (Å²) in [5.74, 6) is -16.0. The zero-order valence-electron chi connectivity index (χ0n) is 66.2. The number of aliphatic hydroxyl groups excluding tert-OH is 6. The smallest absolute Gasteiger partial charge is 0.330 e. The Labute approximate surface area is 691 Å². The van der Waals surface area contributed by atoms with Crippen molar-refractivity contribution in [3.63, 3.8) is 0 Å². The van der Waals surface area contributed by atoms with Gasteiger partial charge in [0, 0.05) is 29.2 Å². The molecule has 640 valence electrons. The fourth-order valence-corrected chi connectivity index (χ4v) is 15.4. The van der Waals surface area contributed by atoms with E-state index in [-0.39, 0.29) is 52.0 Å². The van der Waals surface area contributed by atoms with Crippen LogP contribution in [0.2, 0.25) is 10.0 Å². The minimum Gasteiger partial charge on any atom is -0.508 e. The molecule has 2 fully saturated rings. The zero-order valence-corrected chi connectivity index (χ0v) is 67.7. The second kappa shape index (κ2) is 40.8. The number of phenolic OH excluding ortho intramolecular Hbond substituents is 3. The van der Waals surface area contributed by atoms with E-state index in [9.17, 15) is 70.2 Å². The minimum atomic E-state index is -2.36. The van der Waals surface area contributed by atoms with Crippen molar-refractivity contribution >= 4 is 83.0 Å². The molecular weight excluding hydrogens is 1580 g/mol. The highest BCUT2D eigenvalue weighted by molar-refractivity contribution is 6.32. The molecule has 0 aromatic heterocycles. The van der Waals surface area contributed by atoms with E-state index in [2.05, 4.69) is 50.7 Å². The van der Waals surface area contributed by atoms with Gasteiger partial charge < -0.3 is 117 Å². The number of fused-ring (bicyclic) bond motifs is 15. The van der Waals surface area contributed by atoms with Crippen molar-refractivity contribution in [2.75, 3.05) is 6.61 Å². The van der Waals surface area contributed by atoms with Gasteiger partial charge in [-0.25, -0.2) is 4.79 Å². The van der Waals surface area contributed by atoms with Gasteiger partial charge in [-0.1, -0.05) is 133 Å². The number of nitrogens with zero attached hydrogens (tertiary/aromatic N) is 2. The van der Waals surface area contributed by atoms with Crippen molar-refractivity contribution in [1.29, 1.82) is 0 Å². The molecule has 5 aromatic rings. The highest BCUT2D eigenvalue weighted by atomic mass is 35.5. The van der Waals surface area contributed by atoms with Gasteiger partial charge in [-0.05, 0) is 141 Å². The number of carbonyl (C=O) groups is 8. The monoisotopic (exact) mass is 1680 g/mol. The fraction of sp³-hybridized carbons (Fsp3) is 0.518. The molecule has 7 amide bonds. The first-order chi connectivity index (χ1) is 56.2. The summed E-state index contributed by atoms with van der Waals surface area (Å²) in [7, 11) is 0. The molecule has 5 aromatic carbocycles. The van der Waals surface area contributed by atoms with Gasteiger partial charge in [0.1, 0.15) is 102 Å². The number of unbranched alkanes of at least 4 members (excludes halogenated alkanes) is 12. The summed E-state index contributed by atoms with van der Waals surface area (Å²) in [6, 6.07) is -0.652. The van der Waals surface area contributed by atoms with Crippen molar-refractivity contribution in [3.05, 3.63) is 117 Å². The molecule has 11 bridgehead atoms. The van der Waals surface area contributed by atoms with E-state index in [0.717, 1.165) is 144 Å². The number of carbonyl (C=O) groups excluding carboxylic acids is 7. The van der Waals surface area contributed by atoms with Crippen LogP contribution in [0.25, 0.3) is 11.1 Å². The Kier molecular flexibility index (Phi) is 31.3. The summed E-state index contributed by atoms with van der Waals surface area (Å²) in [5.41, 5.74) is 1.76. The molecule has 18 N–H and O–H groups in total. The van der Waals surface area contributed by atoms with E-state index in [1.165, 1.54) is 12.1 Å². The van der Waals surface area contributed by atoms with Gasteiger partial charge in [0.25, 0.3) is 0 Å². The quantitative estimate of drug-likeness (QED) is 0.0169. The molecule has 18 atom stereocenters. The van der Waals surface area contributed by atoms with Crippen LogP contribution in [0.5, 0.6) is 46.0 Å². The van der Waals surface area contributed by atoms with E-state index in [4.69, 9.17) is 62.3 Å². The average molecular weight is 1680 g/mol. The Morgan fingerprint density at radius 1 is 0.661 bits per heavy atom. The molecule has 33 nitrogen and oxygen atoms in total. The lowest BCUT2D eigenvalue weighted by Crippen LogP contribution is -2.63. The number of primary amides is 1. The van der Waals surface area contributed by atoms with Crippen LogP contribution >= 0.6 is 23.2 Å². The number of amides is 7. The number of benzene rings is 5. The number of nitrogens with two attached hydrogens (primary N) is 1. The van der Waals surface area contributed by atoms with Crippen LogP contribution in [0.1, 0.15) is 209 Å².